The van der Waals surface area contributed by atoms with E-state index in [1.54, 1.807) is 0 Å². The summed E-state index contributed by atoms with van der Waals surface area (Å²) >= 11 is 1.84. The molecule has 3 rings (SSSR count). The molecule has 0 unspecified atom stereocenters. The molecule has 1 fully saturated rings. The molecular weight excluding hydrogens is 458 g/mol. The molecule has 35 heavy (non-hydrogen) atoms. The van der Waals surface area contributed by atoms with Gasteiger partial charge in [0, 0.05) is 24.3 Å². The SMILES string of the molecule is CC(=O)c1ccc([O-])c2c1OC1(CCSCC1)O2.CCCC[N+](CCCC)(CCCC)CCCC. The van der Waals surface area contributed by atoms with Gasteiger partial charge in [0.2, 0.25) is 0 Å². The van der Waals surface area contributed by atoms with Crippen LogP contribution in [0.1, 0.15) is 109 Å². The standard InChI is InChI=1S/C16H36N.C13H14O4S/c1-5-9-13-17(14-10-6-2,15-11-7-3)16-12-8-4;1-8(14)9-2-3-10(15)12-11(9)16-13(17-12)4-6-18-7-5-13/h5-16H2,1-4H3;2-3,15H,4-7H2,1H3/q+1;/p-1. The minimum atomic E-state index is -0.724. The zero-order chi connectivity index (χ0) is 25.7. The van der Waals surface area contributed by atoms with Gasteiger partial charge < -0.3 is 19.1 Å². The maximum absolute atomic E-state index is 11.8. The summed E-state index contributed by atoms with van der Waals surface area (Å²) in [6.07, 6.45) is 12.5. The van der Waals surface area contributed by atoms with Gasteiger partial charge in [0.15, 0.2) is 17.3 Å². The molecule has 1 saturated heterocycles. The van der Waals surface area contributed by atoms with Crippen LogP contribution in [0.15, 0.2) is 12.1 Å². The van der Waals surface area contributed by atoms with Crippen molar-refractivity contribution in [1.29, 1.82) is 0 Å². The van der Waals surface area contributed by atoms with Crippen LogP contribution in [0.5, 0.6) is 17.2 Å². The highest BCUT2D eigenvalue weighted by Crippen LogP contribution is 2.50. The van der Waals surface area contributed by atoms with Gasteiger partial charge >= 0.3 is 0 Å². The number of fused-ring (bicyclic) bond motifs is 1. The molecule has 1 aromatic rings. The fourth-order valence-electron chi connectivity index (χ4n) is 4.94. The zero-order valence-electron chi connectivity index (χ0n) is 23.0. The van der Waals surface area contributed by atoms with Gasteiger partial charge in [-0.2, -0.15) is 11.8 Å². The lowest BCUT2D eigenvalue weighted by Gasteiger charge is -2.39. The first-order valence-electron chi connectivity index (χ1n) is 14.0. The Morgan fingerprint density at radius 2 is 1.31 bits per heavy atom. The minimum Gasteiger partial charge on any atom is -0.870 e. The van der Waals surface area contributed by atoms with E-state index in [2.05, 4.69) is 27.7 Å². The van der Waals surface area contributed by atoms with Crippen LogP contribution in [0.2, 0.25) is 0 Å². The summed E-state index contributed by atoms with van der Waals surface area (Å²) in [5.41, 5.74) is 0.430. The highest BCUT2D eigenvalue weighted by atomic mass is 32.2. The van der Waals surface area contributed by atoms with Crippen molar-refractivity contribution in [2.45, 2.75) is 105 Å². The topological polar surface area (TPSA) is 58.6 Å². The van der Waals surface area contributed by atoms with Gasteiger partial charge in [-0.15, -0.1) is 0 Å². The molecule has 0 radical (unpaired) electrons. The lowest BCUT2D eigenvalue weighted by atomic mass is 10.1. The number of Topliss-reactive ketones (excluding diaryl/α,β-unsaturated/α-hetero) is 1. The number of rotatable bonds is 13. The number of ketones is 1. The number of quaternary nitrogens is 1. The van der Waals surface area contributed by atoms with Gasteiger partial charge in [-0.25, -0.2) is 0 Å². The van der Waals surface area contributed by atoms with Crippen LogP contribution >= 0.6 is 11.8 Å². The van der Waals surface area contributed by atoms with Crippen molar-refractivity contribution in [3.8, 4) is 17.2 Å². The fraction of sp³-hybridized carbons (Fsp3) is 0.759. The first kappa shape index (κ1) is 29.8. The Kier molecular flexibility index (Phi) is 12.8. The van der Waals surface area contributed by atoms with E-state index < -0.39 is 5.79 Å². The first-order valence-corrected chi connectivity index (χ1v) is 15.2. The number of ether oxygens (including phenoxy) is 2. The first-order chi connectivity index (χ1) is 16.9. The molecule has 0 saturated carbocycles. The van der Waals surface area contributed by atoms with Gasteiger partial charge in [-0.1, -0.05) is 65.2 Å². The summed E-state index contributed by atoms with van der Waals surface area (Å²) < 4.78 is 13.0. The summed E-state index contributed by atoms with van der Waals surface area (Å²) in [4.78, 5) is 11.5. The van der Waals surface area contributed by atoms with Gasteiger partial charge in [0.05, 0.1) is 31.7 Å². The average Bonchev–Trinajstić information content (AvgIpc) is 3.23. The Bertz CT molecular complexity index is 739. The predicted octanol–water partition coefficient (Wildman–Crippen LogP) is 6.96. The second-order valence-corrected chi connectivity index (χ2v) is 11.4. The van der Waals surface area contributed by atoms with E-state index in [9.17, 15) is 9.90 Å². The van der Waals surface area contributed by atoms with Crippen molar-refractivity contribution in [1.82, 2.24) is 0 Å². The molecule has 0 amide bonds. The molecule has 200 valence electrons. The fourth-order valence-corrected chi connectivity index (χ4v) is 6.06. The van der Waals surface area contributed by atoms with E-state index in [0.717, 1.165) is 24.3 Å². The maximum atomic E-state index is 11.8. The van der Waals surface area contributed by atoms with E-state index in [0.29, 0.717) is 11.3 Å². The third kappa shape index (κ3) is 8.59. The van der Waals surface area contributed by atoms with E-state index >= 15 is 0 Å². The smallest absolute Gasteiger partial charge is 0.253 e. The normalized spacial score (nSPS) is 16.1. The molecule has 0 aliphatic carbocycles. The second kappa shape index (κ2) is 15.0. The maximum Gasteiger partial charge on any atom is 0.253 e. The van der Waals surface area contributed by atoms with Crippen molar-refractivity contribution < 1.29 is 23.9 Å². The van der Waals surface area contributed by atoms with E-state index in [-0.39, 0.29) is 17.3 Å². The number of hydrogen-bond donors (Lipinski definition) is 0. The Morgan fingerprint density at radius 1 is 0.857 bits per heavy atom. The summed E-state index contributed by atoms with van der Waals surface area (Å²) in [6.45, 7) is 16.5. The molecule has 0 N–H and O–H groups in total. The molecule has 2 aliphatic rings. The summed E-state index contributed by atoms with van der Waals surface area (Å²) in [6, 6.07) is 2.89. The molecular formula is C29H49NO4S. The summed E-state index contributed by atoms with van der Waals surface area (Å²) in [5.74, 6) is 1.37. The van der Waals surface area contributed by atoms with Gasteiger partial charge in [-0.3, -0.25) is 4.79 Å². The highest BCUT2D eigenvalue weighted by molar-refractivity contribution is 7.99. The molecule has 6 heteroatoms. The Hall–Kier alpha value is -1.40. The van der Waals surface area contributed by atoms with Crippen molar-refractivity contribution >= 4 is 17.5 Å². The predicted molar refractivity (Wildman–Crippen MR) is 146 cm³/mol. The molecule has 2 heterocycles. The Labute approximate surface area is 218 Å². The van der Waals surface area contributed by atoms with Crippen LogP contribution in [0.25, 0.3) is 0 Å². The lowest BCUT2D eigenvalue weighted by molar-refractivity contribution is -0.929. The third-order valence-electron chi connectivity index (χ3n) is 7.23. The van der Waals surface area contributed by atoms with Crippen molar-refractivity contribution in [3.63, 3.8) is 0 Å². The molecule has 2 aliphatic heterocycles. The van der Waals surface area contributed by atoms with Crippen molar-refractivity contribution in [2.75, 3.05) is 37.7 Å². The number of hydrogen-bond acceptors (Lipinski definition) is 5. The Balaban J connectivity index is 0.000000248. The number of benzene rings is 1. The number of nitrogens with zero attached hydrogens (tertiary/aromatic N) is 1. The van der Waals surface area contributed by atoms with Crippen LogP contribution in [0.3, 0.4) is 0 Å². The van der Waals surface area contributed by atoms with E-state index in [4.69, 9.17) is 9.47 Å². The number of thioether (sulfide) groups is 1. The second-order valence-electron chi connectivity index (χ2n) is 10.2. The van der Waals surface area contributed by atoms with Crippen LogP contribution in [-0.4, -0.2) is 53.7 Å². The molecule has 0 bridgehead atoms. The minimum absolute atomic E-state index is 0.114. The van der Waals surface area contributed by atoms with Gasteiger partial charge in [0.1, 0.15) is 0 Å². The lowest BCUT2D eigenvalue weighted by Crippen LogP contribution is -2.50. The Morgan fingerprint density at radius 3 is 1.74 bits per heavy atom. The van der Waals surface area contributed by atoms with Crippen LogP contribution < -0.4 is 14.6 Å². The van der Waals surface area contributed by atoms with Crippen LogP contribution in [0, 0.1) is 0 Å². The van der Waals surface area contributed by atoms with Gasteiger partial charge in [-0.05, 0) is 38.7 Å². The van der Waals surface area contributed by atoms with Crippen molar-refractivity contribution in [2.24, 2.45) is 0 Å². The van der Waals surface area contributed by atoms with Crippen molar-refractivity contribution in [3.05, 3.63) is 17.7 Å². The van der Waals surface area contributed by atoms with E-state index in [1.807, 2.05) is 11.8 Å². The largest absolute Gasteiger partial charge is 0.870 e. The summed E-state index contributed by atoms with van der Waals surface area (Å²) in [7, 11) is 0. The summed E-state index contributed by atoms with van der Waals surface area (Å²) in [5, 5.41) is 11.8. The zero-order valence-corrected chi connectivity index (χ0v) is 23.8. The number of unbranched alkanes of at least 4 members (excludes halogenated alkanes) is 4. The van der Waals surface area contributed by atoms with Crippen LogP contribution in [-0.2, 0) is 0 Å². The van der Waals surface area contributed by atoms with Crippen LogP contribution in [0.4, 0.5) is 0 Å². The third-order valence-corrected chi connectivity index (χ3v) is 8.22. The molecule has 1 aromatic carbocycles. The molecule has 1 spiro atoms. The highest BCUT2D eigenvalue weighted by Gasteiger charge is 2.44. The number of carbonyl (C=O) groups excluding carboxylic acids is 1. The quantitative estimate of drug-likeness (QED) is 0.213. The molecule has 0 atom stereocenters. The number of carbonyl (C=O) groups is 1. The van der Waals surface area contributed by atoms with Gasteiger partial charge in [0.25, 0.3) is 5.79 Å². The molecule has 5 nitrogen and oxygen atoms in total. The average molecular weight is 508 g/mol. The van der Waals surface area contributed by atoms with E-state index in [1.165, 1.54) is 101 Å². The molecule has 0 aromatic heterocycles. The monoisotopic (exact) mass is 507 g/mol.